The van der Waals surface area contributed by atoms with Crippen LogP contribution in [-0.4, -0.2) is 37.7 Å². The molecule has 0 rings (SSSR count). The van der Waals surface area contributed by atoms with Crippen LogP contribution in [0.4, 0.5) is 0 Å². The third kappa shape index (κ3) is 5.56. The van der Waals surface area contributed by atoms with Crippen molar-refractivity contribution in [2.45, 2.75) is 45.8 Å². The molecule has 0 amide bonds. The molecule has 74 valence electrons. The van der Waals surface area contributed by atoms with E-state index in [4.69, 9.17) is 4.74 Å². The molecule has 0 N–H and O–H groups in total. The van der Waals surface area contributed by atoms with Gasteiger partial charge in [-0.2, -0.15) is 0 Å². The van der Waals surface area contributed by atoms with Gasteiger partial charge in [-0.15, -0.1) is 0 Å². The van der Waals surface area contributed by atoms with Crippen molar-refractivity contribution in [1.29, 1.82) is 0 Å². The van der Waals surface area contributed by atoms with Gasteiger partial charge in [0.15, 0.2) is 0 Å². The summed E-state index contributed by atoms with van der Waals surface area (Å²) in [5.74, 6) is 0. The quantitative estimate of drug-likeness (QED) is 0.610. The average molecular weight is 173 g/mol. The third-order valence-corrected chi connectivity index (χ3v) is 2.41. The van der Waals surface area contributed by atoms with Crippen LogP contribution in [0.1, 0.15) is 33.6 Å². The first-order chi connectivity index (χ1) is 5.57. The topological polar surface area (TPSA) is 12.5 Å². The fraction of sp³-hybridized carbons (Fsp3) is 1.00. The monoisotopic (exact) mass is 173 g/mol. The van der Waals surface area contributed by atoms with Crippen LogP contribution in [-0.2, 0) is 4.74 Å². The molecule has 0 radical (unpaired) electrons. The Kier molecular flexibility index (Phi) is 6.39. The van der Waals surface area contributed by atoms with Crippen LogP contribution in [0.25, 0.3) is 0 Å². The lowest BCUT2D eigenvalue weighted by atomic mass is 10.2. The molecule has 0 spiro atoms. The number of rotatable bonds is 6. The van der Waals surface area contributed by atoms with Gasteiger partial charge in [0, 0.05) is 13.2 Å². The summed E-state index contributed by atoms with van der Waals surface area (Å²) in [6.45, 7) is 7.74. The molecule has 0 aromatic carbocycles. The minimum atomic E-state index is 0.408. The maximum Gasteiger partial charge on any atom is 0.0543 e. The van der Waals surface area contributed by atoms with Crippen molar-refractivity contribution in [1.82, 2.24) is 4.90 Å². The molecular weight excluding hydrogens is 150 g/mol. The molecule has 0 fully saturated rings. The Bertz CT molecular complexity index is 104. The van der Waals surface area contributed by atoms with E-state index in [0.717, 1.165) is 6.42 Å². The first-order valence-corrected chi connectivity index (χ1v) is 4.81. The molecule has 1 atom stereocenters. The third-order valence-electron chi connectivity index (χ3n) is 2.41. The number of ether oxygens (including phenoxy) is 1. The van der Waals surface area contributed by atoms with Gasteiger partial charge < -0.3 is 9.64 Å². The summed E-state index contributed by atoms with van der Waals surface area (Å²) in [6, 6.07) is 0.655. The van der Waals surface area contributed by atoms with Gasteiger partial charge in [0.25, 0.3) is 0 Å². The minimum Gasteiger partial charge on any atom is -0.382 e. The molecule has 2 heteroatoms. The Morgan fingerprint density at radius 2 is 1.83 bits per heavy atom. The van der Waals surface area contributed by atoms with Gasteiger partial charge in [0.05, 0.1) is 6.10 Å². The van der Waals surface area contributed by atoms with Crippen molar-refractivity contribution in [2.75, 3.05) is 20.7 Å². The van der Waals surface area contributed by atoms with E-state index in [-0.39, 0.29) is 0 Å². The highest BCUT2D eigenvalue weighted by Gasteiger charge is 2.04. The van der Waals surface area contributed by atoms with Crippen molar-refractivity contribution in [3.05, 3.63) is 0 Å². The number of hydrogen-bond acceptors (Lipinski definition) is 2. The van der Waals surface area contributed by atoms with Gasteiger partial charge >= 0.3 is 0 Å². The van der Waals surface area contributed by atoms with E-state index >= 15 is 0 Å². The first kappa shape index (κ1) is 11.9. The predicted molar refractivity (Wildman–Crippen MR) is 53.5 cm³/mol. The van der Waals surface area contributed by atoms with Crippen molar-refractivity contribution < 1.29 is 4.74 Å². The lowest BCUT2D eigenvalue weighted by molar-refractivity contribution is 0.105. The number of methoxy groups -OCH3 is 1. The van der Waals surface area contributed by atoms with Crippen LogP contribution in [0.5, 0.6) is 0 Å². The van der Waals surface area contributed by atoms with Crippen LogP contribution in [0.2, 0.25) is 0 Å². The molecule has 0 aliphatic carbocycles. The standard InChI is InChI=1S/C10H23NO/c1-9(2)11(4)8-6-7-10(3)12-5/h9-10H,6-8H2,1-5H3. The Balaban J connectivity index is 3.30. The van der Waals surface area contributed by atoms with E-state index in [0.29, 0.717) is 12.1 Å². The zero-order chi connectivity index (χ0) is 9.56. The molecular formula is C10H23NO. The molecule has 0 aromatic heterocycles. The summed E-state index contributed by atoms with van der Waals surface area (Å²) in [4.78, 5) is 2.36. The Labute approximate surface area is 76.9 Å². The molecule has 0 saturated carbocycles. The fourth-order valence-corrected chi connectivity index (χ4v) is 1.00. The second-order valence-electron chi connectivity index (χ2n) is 3.76. The molecule has 0 aliphatic rings. The van der Waals surface area contributed by atoms with Crippen LogP contribution in [0.15, 0.2) is 0 Å². The SMILES string of the molecule is COC(C)CCCN(C)C(C)C. The summed E-state index contributed by atoms with van der Waals surface area (Å²) >= 11 is 0. The van der Waals surface area contributed by atoms with Crippen molar-refractivity contribution >= 4 is 0 Å². The summed E-state index contributed by atoms with van der Waals surface area (Å²) in [5, 5.41) is 0. The Morgan fingerprint density at radius 1 is 1.25 bits per heavy atom. The van der Waals surface area contributed by atoms with E-state index in [1.165, 1.54) is 13.0 Å². The van der Waals surface area contributed by atoms with Gasteiger partial charge in [-0.25, -0.2) is 0 Å². The maximum absolute atomic E-state index is 5.17. The van der Waals surface area contributed by atoms with Crippen molar-refractivity contribution in [2.24, 2.45) is 0 Å². The van der Waals surface area contributed by atoms with E-state index in [2.05, 4.69) is 32.7 Å². The average Bonchev–Trinajstić information content (AvgIpc) is 2.03. The lowest BCUT2D eigenvalue weighted by Crippen LogP contribution is -2.27. The van der Waals surface area contributed by atoms with Gasteiger partial charge in [-0.05, 0) is 47.2 Å². The molecule has 0 saturated heterocycles. The highest BCUT2D eigenvalue weighted by atomic mass is 16.5. The van der Waals surface area contributed by atoms with E-state index in [1.807, 2.05) is 0 Å². The van der Waals surface area contributed by atoms with Crippen LogP contribution >= 0.6 is 0 Å². The van der Waals surface area contributed by atoms with Crippen molar-refractivity contribution in [3.8, 4) is 0 Å². The molecule has 0 heterocycles. The Morgan fingerprint density at radius 3 is 2.25 bits per heavy atom. The second-order valence-corrected chi connectivity index (χ2v) is 3.76. The Hall–Kier alpha value is -0.0800. The molecule has 0 bridgehead atoms. The zero-order valence-corrected chi connectivity index (χ0v) is 9.13. The van der Waals surface area contributed by atoms with Crippen LogP contribution in [0.3, 0.4) is 0 Å². The highest BCUT2D eigenvalue weighted by Crippen LogP contribution is 2.02. The number of nitrogens with zero attached hydrogens (tertiary/aromatic N) is 1. The summed E-state index contributed by atoms with van der Waals surface area (Å²) in [7, 11) is 3.94. The predicted octanol–water partition coefficient (Wildman–Crippen LogP) is 2.14. The van der Waals surface area contributed by atoms with Gasteiger partial charge in [-0.1, -0.05) is 0 Å². The smallest absolute Gasteiger partial charge is 0.0543 e. The molecule has 1 unspecified atom stereocenters. The first-order valence-electron chi connectivity index (χ1n) is 4.81. The molecule has 0 aliphatic heterocycles. The largest absolute Gasteiger partial charge is 0.382 e. The van der Waals surface area contributed by atoms with Crippen molar-refractivity contribution in [3.63, 3.8) is 0 Å². The zero-order valence-electron chi connectivity index (χ0n) is 9.13. The molecule has 0 aromatic rings. The van der Waals surface area contributed by atoms with Gasteiger partial charge in [0.2, 0.25) is 0 Å². The lowest BCUT2D eigenvalue weighted by Gasteiger charge is -2.21. The minimum absolute atomic E-state index is 0.408. The van der Waals surface area contributed by atoms with E-state index in [9.17, 15) is 0 Å². The van der Waals surface area contributed by atoms with Crippen LogP contribution in [0, 0.1) is 0 Å². The summed E-state index contributed by atoms with van der Waals surface area (Å²) < 4.78 is 5.17. The summed E-state index contributed by atoms with van der Waals surface area (Å²) in [6.07, 6.45) is 2.79. The highest BCUT2D eigenvalue weighted by molar-refractivity contribution is 4.58. The van der Waals surface area contributed by atoms with Crippen LogP contribution < -0.4 is 0 Å². The second kappa shape index (κ2) is 6.44. The molecule has 12 heavy (non-hydrogen) atoms. The van der Waals surface area contributed by atoms with E-state index in [1.54, 1.807) is 7.11 Å². The summed E-state index contributed by atoms with van der Waals surface area (Å²) in [5.41, 5.74) is 0. The van der Waals surface area contributed by atoms with Gasteiger partial charge in [0.1, 0.15) is 0 Å². The normalized spacial score (nSPS) is 14.2. The molecule has 2 nitrogen and oxygen atoms in total. The van der Waals surface area contributed by atoms with Gasteiger partial charge in [-0.3, -0.25) is 0 Å². The fourth-order valence-electron chi connectivity index (χ4n) is 1.00. The number of hydrogen-bond donors (Lipinski definition) is 0. The maximum atomic E-state index is 5.17. The van der Waals surface area contributed by atoms with E-state index < -0.39 is 0 Å².